The molecule has 1 aliphatic heterocycles. The summed E-state index contributed by atoms with van der Waals surface area (Å²) in [4.78, 5) is 14.5. The number of aromatic nitrogens is 2. The standard InChI is InChI=1S/C15H16FN3OS/c16-13-5-2-1-4-11(13)14-12(10-17-18-14)15(20)19-6-3-8-21-9-7-19/h1-2,4-5,10H,3,6-9H2,(H,17,18). The SMILES string of the molecule is O=C(c1cn[nH]c1-c1ccccc1F)N1CCCSCC1. The topological polar surface area (TPSA) is 49.0 Å². The van der Waals surface area contributed by atoms with E-state index in [1.807, 2.05) is 16.7 Å². The van der Waals surface area contributed by atoms with E-state index in [2.05, 4.69) is 10.2 Å². The zero-order valence-corrected chi connectivity index (χ0v) is 12.3. The molecule has 110 valence electrons. The van der Waals surface area contributed by atoms with Gasteiger partial charge in [0.1, 0.15) is 5.82 Å². The molecule has 6 heteroatoms. The highest BCUT2D eigenvalue weighted by atomic mass is 32.2. The number of hydrogen-bond acceptors (Lipinski definition) is 3. The Kier molecular flexibility index (Phi) is 4.24. The van der Waals surface area contributed by atoms with Crippen molar-refractivity contribution in [3.63, 3.8) is 0 Å². The molecule has 0 bridgehead atoms. The molecule has 0 unspecified atom stereocenters. The van der Waals surface area contributed by atoms with Crippen molar-refractivity contribution >= 4 is 17.7 Å². The van der Waals surface area contributed by atoms with E-state index < -0.39 is 0 Å². The Balaban J connectivity index is 1.91. The molecule has 2 heterocycles. The van der Waals surface area contributed by atoms with E-state index in [4.69, 9.17) is 0 Å². The van der Waals surface area contributed by atoms with Crippen LogP contribution in [0.4, 0.5) is 4.39 Å². The molecule has 1 saturated heterocycles. The van der Waals surface area contributed by atoms with Gasteiger partial charge in [0.2, 0.25) is 0 Å². The van der Waals surface area contributed by atoms with E-state index >= 15 is 0 Å². The van der Waals surface area contributed by atoms with Crippen molar-refractivity contribution in [3.8, 4) is 11.3 Å². The number of hydrogen-bond donors (Lipinski definition) is 1. The number of thioether (sulfide) groups is 1. The fourth-order valence-electron chi connectivity index (χ4n) is 2.44. The summed E-state index contributed by atoms with van der Waals surface area (Å²) in [5.74, 6) is 1.58. The third-order valence-electron chi connectivity index (χ3n) is 3.52. The Morgan fingerprint density at radius 3 is 3.00 bits per heavy atom. The molecule has 4 nitrogen and oxygen atoms in total. The van der Waals surface area contributed by atoms with Gasteiger partial charge in [0.25, 0.3) is 5.91 Å². The lowest BCUT2D eigenvalue weighted by Gasteiger charge is -2.19. The van der Waals surface area contributed by atoms with Crippen LogP contribution >= 0.6 is 11.8 Å². The first-order valence-corrected chi connectivity index (χ1v) is 8.08. The molecule has 1 amide bonds. The fourth-order valence-corrected chi connectivity index (χ4v) is 3.32. The number of amides is 1. The van der Waals surface area contributed by atoms with E-state index in [1.165, 1.54) is 12.3 Å². The van der Waals surface area contributed by atoms with Crippen LogP contribution in [-0.2, 0) is 0 Å². The van der Waals surface area contributed by atoms with Gasteiger partial charge in [0.05, 0.1) is 17.5 Å². The van der Waals surface area contributed by atoms with Crippen molar-refractivity contribution in [2.75, 3.05) is 24.6 Å². The number of benzene rings is 1. The minimum Gasteiger partial charge on any atom is -0.338 e. The number of carbonyl (C=O) groups is 1. The van der Waals surface area contributed by atoms with Crippen LogP contribution in [0.2, 0.25) is 0 Å². The molecule has 1 aliphatic rings. The summed E-state index contributed by atoms with van der Waals surface area (Å²) in [6, 6.07) is 6.41. The molecular formula is C15H16FN3OS. The number of H-pyrrole nitrogens is 1. The highest BCUT2D eigenvalue weighted by Crippen LogP contribution is 2.25. The Morgan fingerprint density at radius 1 is 1.29 bits per heavy atom. The molecule has 1 aromatic heterocycles. The Bertz CT molecular complexity index is 635. The monoisotopic (exact) mass is 305 g/mol. The normalized spacial score (nSPS) is 15.8. The number of rotatable bonds is 2. The maximum atomic E-state index is 13.9. The summed E-state index contributed by atoms with van der Waals surface area (Å²) >= 11 is 1.86. The average molecular weight is 305 g/mol. The van der Waals surface area contributed by atoms with Crippen LogP contribution in [0.25, 0.3) is 11.3 Å². The highest BCUT2D eigenvalue weighted by molar-refractivity contribution is 7.99. The minimum absolute atomic E-state index is 0.0792. The van der Waals surface area contributed by atoms with Crippen LogP contribution in [0, 0.1) is 5.82 Å². The minimum atomic E-state index is -0.359. The summed E-state index contributed by atoms with van der Waals surface area (Å²) in [6.07, 6.45) is 2.48. The van der Waals surface area contributed by atoms with Crippen LogP contribution in [0.3, 0.4) is 0 Å². The molecular weight excluding hydrogens is 289 g/mol. The van der Waals surface area contributed by atoms with E-state index in [0.29, 0.717) is 16.8 Å². The van der Waals surface area contributed by atoms with E-state index in [1.54, 1.807) is 18.2 Å². The van der Waals surface area contributed by atoms with Crippen molar-refractivity contribution in [1.82, 2.24) is 15.1 Å². The second-order valence-electron chi connectivity index (χ2n) is 4.90. The average Bonchev–Trinajstić information content (AvgIpc) is 2.81. The Morgan fingerprint density at radius 2 is 2.14 bits per heavy atom. The van der Waals surface area contributed by atoms with Gasteiger partial charge in [0, 0.05) is 24.4 Å². The lowest BCUT2D eigenvalue weighted by Crippen LogP contribution is -2.33. The molecule has 3 rings (SSSR count). The van der Waals surface area contributed by atoms with Crippen LogP contribution in [-0.4, -0.2) is 45.6 Å². The van der Waals surface area contributed by atoms with Crippen molar-refractivity contribution < 1.29 is 9.18 Å². The van der Waals surface area contributed by atoms with Crippen molar-refractivity contribution in [1.29, 1.82) is 0 Å². The fraction of sp³-hybridized carbons (Fsp3) is 0.333. The van der Waals surface area contributed by atoms with Gasteiger partial charge in [-0.15, -0.1) is 0 Å². The van der Waals surface area contributed by atoms with Gasteiger partial charge in [0.15, 0.2) is 0 Å². The molecule has 0 aliphatic carbocycles. The number of carbonyl (C=O) groups excluding carboxylic acids is 1. The lowest BCUT2D eigenvalue weighted by molar-refractivity contribution is 0.0769. The smallest absolute Gasteiger partial charge is 0.257 e. The van der Waals surface area contributed by atoms with Crippen LogP contribution in [0.15, 0.2) is 30.5 Å². The first-order chi connectivity index (χ1) is 10.3. The zero-order valence-electron chi connectivity index (χ0n) is 11.5. The molecule has 0 spiro atoms. The van der Waals surface area contributed by atoms with Gasteiger partial charge < -0.3 is 4.90 Å². The van der Waals surface area contributed by atoms with Crippen LogP contribution in [0.1, 0.15) is 16.8 Å². The quantitative estimate of drug-likeness (QED) is 0.928. The second kappa shape index (κ2) is 6.30. The maximum Gasteiger partial charge on any atom is 0.257 e. The van der Waals surface area contributed by atoms with E-state index in [0.717, 1.165) is 31.0 Å². The highest BCUT2D eigenvalue weighted by Gasteiger charge is 2.23. The first-order valence-electron chi connectivity index (χ1n) is 6.92. The molecule has 0 saturated carbocycles. The van der Waals surface area contributed by atoms with Gasteiger partial charge in [-0.25, -0.2) is 4.39 Å². The van der Waals surface area contributed by atoms with Crippen molar-refractivity contribution in [2.24, 2.45) is 0 Å². The molecule has 0 atom stereocenters. The summed E-state index contributed by atoms with van der Waals surface area (Å²) in [7, 11) is 0. The summed E-state index contributed by atoms with van der Waals surface area (Å²) in [5, 5.41) is 6.69. The molecule has 1 fully saturated rings. The number of aromatic amines is 1. The predicted molar refractivity (Wildman–Crippen MR) is 81.8 cm³/mol. The largest absolute Gasteiger partial charge is 0.338 e. The third kappa shape index (κ3) is 2.95. The first kappa shape index (κ1) is 14.1. The molecule has 21 heavy (non-hydrogen) atoms. The van der Waals surface area contributed by atoms with Crippen molar-refractivity contribution in [2.45, 2.75) is 6.42 Å². The molecule has 2 aromatic rings. The predicted octanol–water partition coefficient (Wildman–Crippen LogP) is 2.79. The van der Waals surface area contributed by atoms with Gasteiger partial charge >= 0.3 is 0 Å². The number of halogens is 1. The molecule has 1 aromatic carbocycles. The number of nitrogens with one attached hydrogen (secondary N) is 1. The Labute approximate surface area is 126 Å². The van der Waals surface area contributed by atoms with Crippen LogP contribution in [0.5, 0.6) is 0 Å². The second-order valence-corrected chi connectivity index (χ2v) is 6.12. The van der Waals surface area contributed by atoms with Crippen LogP contribution < -0.4 is 0 Å². The maximum absolute atomic E-state index is 13.9. The summed E-state index contributed by atoms with van der Waals surface area (Å²) < 4.78 is 13.9. The van der Waals surface area contributed by atoms with Gasteiger partial charge in [-0.05, 0) is 24.3 Å². The molecule has 1 N–H and O–H groups in total. The van der Waals surface area contributed by atoms with Gasteiger partial charge in [-0.2, -0.15) is 16.9 Å². The van der Waals surface area contributed by atoms with E-state index in [9.17, 15) is 9.18 Å². The zero-order chi connectivity index (χ0) is 14.7. The van der Waals surface area contributed by atoms with Crippen molar-refractivity contribution in [3.05, 3.63) is 41.8 Å². The van der Waals surface area contributed by atoms with Gasteiger partial charge in [-0.1, -0.05) is 12.1 Å². The summed E-state index contributed by atoms with van der Waals surface area (Å²) in [5.41, 5.74) is 1.27. The lowest BCUT2D eigenvalue weighted by atomic mass is 10.1. The summed E-state index contributed by atoms with van der Waals surface area (Å²) in [6.45, 7) is 1.47. The Hall–Kier alpha value is -1.82. The number of nitrogens with zero attached hydrogens (tertiary/aromatic N) is 2. The third-order valence-corrected chi connectivity index (χ3v) is 4.57. The van der Waals surface area contributed by atoms with Gasteiger partial charge in [-0.3, -0.25) is 9.89 Å². The van der Waals surface area contributed by atoms with E-state index in [-0.39, 0.29) is 11.7 Å². The molecule has 0 radical (unpaired) electrons.